The summed E-state index contributed by atoms with van der Waals surface area (Å²) in [4.78, 5) is 24.8. The Morgan fingerprint density at radius 3 is 2.12 bits per heavy atom. The van der Waals surface area contributed by atoms with Gasteiger partial charge in [0.25, 0.3) is 5.91 Å². The van der Waals surface area contributed by atoms with Crippen molar-refractivity contribution in [1.29, 1.82) is 0 Å². The average Bonchev–Trinajstić information content (AvgIpc) is 2.92. The van der Waals surface area contributed by atoms with Crippen LogP contribution >= 0.6 is 11.3 Å². The number of carbonyl (C=O) groups excluding carboxylic acids is 2. The first-order valence-electron chi connectivity index (χ1n) is 7.34. The SMILES string of the molecule is Cc1sc(NC(=O)c2ccccc2)c(C(=O)[O-])c1-c1ccccc1. The van der Waals surface area contributed by atoms with Crippen molar-refractivity contribution < 1.29 is 14.7 Å². The fourth-order valence-electron chi connectivity index (χ4n) is 2.54. The number of hydrogen-bond donors (Lipinski definition) is 1. The number of aromatic carboxylic acids is 1. The van der Waals surface area contributed by atoms with Gasteiger partial charge in [0.2, 0.25) is 0 Å². The Kier molecular flexibility index (Phi) is 4.44. The van der Waals surface area contributed by atoms with Gasteiger partial charge < -0.3 is 15.2 Å². The highest BCUT2D eigenvalue weighted by Crippen LogP contribution is 2.39. The van der Waals surface area contributed by atoms with Gasteiger partial charge in [0, 0.05) is 21.6 Å². The van der Waals surface area contributed by atoms with Crippen molar-refractivity contribution in [2.45, 2.75) is 6.92 Å². The molecule has 4 nitrogen and oxygen atoms in total. The smallest absolute Gasteiger partial charge is 0.256 e. The van der Waals surface area contributed by atoms with Crippen LogP contribution in [-0.4, -0.2) is 11.9 Å². The first-order valence-corrected chi connectivity index (χ1v) is 8.16. The lowest BCUT2D eigenvalue weighted by molar-refractivity contribution is -0.254. The quantitative estimate of drug-likeness (QED) is 0.794. The number of nitrogens with one attached hydrogen (secondary N) is 1. The van der Waals surface area contributed by atoms with Crippen LogP contribution in [0.5, 0.6) is 0 Å². The van der Waals surface area contributed by atoms with Crippen molar-refractivity contribution in [2.24, 2.45) is 0 Å². The third-order valence-electron chi connectivity index (χ3n) is 3.61. The summed E-state index contributed by atoms with van der Waals surface area (Å²) in [5.41, 5.74) is 1.86. The second kappa shape index (κ2) is 6.68. The van der Waals surface area contributed by atoms with E-state index in [1.807, 2.05) is 43.3 Å². The van der Waals surface area contributed by atoms with Crippen LogP contribution in [0.2, 0.25) is 0 Å². The van der Waals surface area contributed by atoms with Crippen molar-refractivity contribution in [2.75, 3.05) is 5.32 Å². The molecule has 0 saturated heterocycles. The summed E-state index contributed by atoms with van der Waals surface area (Å²) >= 11 is 1.23. The Morgan fingerprint density at radius 2 is 1.54 bits per heavy atom. The topological polar surface area (TPSA) is 69.2 Å². The minimum Gasteiger partial charge on any atom is -0.545 e. The Labute approximate surface area is 143 Å². The number of anilines is 1. The van der Waals surface area contributed by atoms with Crippen molar-refractivity contribution >= 4 is 28.2 Å². The standard InChI is InChI=1S/C19H15NO3S/c1-12-15(13-8-4-2-5-9-13)16(19(22)23)18(24-12)20-17(21)14-10-6-3-7-11-14/h2-11H,1H3,(H,20,21)(H,22,23)/p-1. The molecular weight excluding hydrogens is 322 g/mol. The van der Waals surface area contributed by atoms with E-state index in [0.29, 0.717) is 16.1 Å². The van der Waals surface area contributed by atoms with Crippen LogP contribution in [-0.2, 0) is 0 Å². The van der Waals surface area contributed by atoms with Crippen molar-refractivity contribution in [3.8, 4) is 11.1 Å². The van der Waals surface area contributed by atoms with Crippen LogP contribution in [0.15, 0.2) is 60.7 Å². The fourth-order valence-corrected chi connectivity index (χ4v) is 3.60. The minimum absolute atomic E-state index is 0.0213. The predicted octanol–water partition coefficient (Wildman–Crippen LogP) is 3.34. The number of thiophene rings is 1. The molecule has 120 valence electrons. The van der Waals surface area contributed by atoms with E-state index in [-0.39, 0.29) is 11.5 Å². The maximum absolute atomic E-state index is 12.3. The molecule has 0 saturated carbocycles. The van der Waals surface area contributed by atoms with E-state index in [9.17, 15) is 14.7 Å². The number of carboxylic acid groups (broad SMARTS) is 1. The molecule has 2 aromatic carbocycles. The van der Waals surface area contributed by atoms with Gasteiger partial charge in [-0.1, -0.05) is 48.5 Å². The van der Waals surface area contributed by atoms with Crippen molar-refractivity contribution in [3.05, 3.63) is 76.7 Å². The van der Waals surface area contributed by atoms with Gasteiger partial charge in [-0.05, 0) is 24.6 Å². The van der Waals surface area contributed by atoms with E-state index in [1.54, 1.807) is 24.3 Å². The molecule has 5 heteroatoms. The molecule has 1 heterocycles. The highest BCUT2D eigenvalue weighted by atomic mass is 32.1. The zero-order chi connectivity index (χ0) is 17.1. The second-order valence-corrected chi connectivity index (χ2v) is 6.44. The van der Waals surface area contributed by atoms with Gasteiger partial charge >= 0.3 is 0 Å². The van der Waals surface area contributed by atoms with E-state index in [4.69, 9.17) is 0 Å². The third-order valence-corrected chi connectivity index (χ3v) is 4.63. The second-order valence-electron chi connectivity index (χ2n) is 5.21. The van der Waals surface area contributed by atoms with E-state index in [2.05, 4.69) is 5.32 Å². The lowest BCUT2D eigenvalue weighted by Gasteiger charge is -2.10. The summed E-state index contributed by atoms with van der Waals surface area (Å²) < 4.78 is 0. The molecule has 0 aliphatic rings. The summed E-state index contributed by atoms with van der Waals surface area (Å²) in [5, 5.41) is 14.7. The van der Waals surface area contributed by atoms with Gasteiger partial charge in [0.15, 0.2) is 0 Å². The molecular formula is C19H14NO3S-. The zero-order valence-corrected chi connectivity index (χ0v) is 13.7. The molecule has 3 rings (SSSR count). The Hall–Kier alpha value is -2.92. The molecule has 0 aliphatic heterocycles. The van der Waals surface area contributed by atoms with E-state index in [0.717, 1.165) is 10.4 Å². The highest BCUT2D eigenvalue weighted by Gasteiger charge is 2.20. The number of amides is 1. The van der Waals surface area contributed by atoms with Crippen LogP contribution in [0.25, 0.3) is 11.1 Å². The van der Waals surface area contributed by atoms with Crippen LogP contribution in [0.4, 0.5) is 5.00 Å². The van der Waals surface area contributed by atoms with Gasteiger partial charge in [-0.15, -0.1) is 11.3 Å². The average molecular weight is 336 g/mol. The molecule has 0 atom stereocenters. The summed E-state index contributed by atoms with van der Waals surface area (Å²) in [5.74, 6) is -1.65. The summed E-state index contributed by atoms with van der Waals surface area (Å²) in [7, 11) is 0. The fraction of sp³-hybridized carbons (Fsp3) is 0.0526. The zero-order valence-electron chi connectivity index (χ0n) is 12.9. The largest absolute Gasteiger partial charge is 0.545 e. The lowest BCUT2D eigenvalue weighted by atomic mass is 10.0. The molecule has 0 aliphatic carbocycles. The first kappa shape index (κ1) is 16.0. The lowest BCUT2D eigenvalue weighted by Crippen LogP contribution is -2.24. The van der Waals surface area contributed by atoms with Gasteiger partial charge in [0.05, 0.1) is 5.97 Å². The number of aryl methyl sites for hydroxylation is 1. The van der Waals surface area contributed by atoms with Crippen molar-refractivity contribution in [3.63, 3.8) is 0 Å². The molecule has 3 aromatic rings. The van der Waals surface area contributed by atoms with Gasteiger partial charge in [-0.3, -0.25) is 4.79 Å². The van der Waals surface area contributed by atoms with Crippen LogP contribution < -0.4 is 10.4 Å². The summed E-state index contributed by atoms with van der Waals surface area (Å²) in [6, 6.07) is 17.9. The van der Waals surface area contributed by atoms with E-state index < -0.39 is 5.97 Å². The summed E-state index contributed by atoms with van der Waals surface area (Å²) in [6.07, 6.45) is 0. The number of carboxylic acids is 1. The minimum atomic E-state index is -1.30. The first-order chi connectivity index (χ1) is 11.6. The number of hydrogen-bond acceptors (Lipinski definition) is 4. The predicted molar refractivity (Wildman–Crippen MR) is 93.2 cm³/mol. The number of benzene rings is 2. The van der Waals surface area contributed by atoms with Crippen LogP contribution in [0.3, 0.4) is 0 Å². The molecule has 0 unspecified atom stereocenters. The number of rotatable bonds is 4. The maximum Gasteiger partial charge on any atom is 0.256 e. The Balaban J connectivity index is 2.03. The van der Waals surface area contributed by atoms with Gasteiger partial charge in [-0.25, -0.2) is 0 Å². The normalized spacial score (nSPS) is 10.4. The van der Waals surface area contributed by atoms with E-state index in [1.165, 1.54) is 11.3 Å². The molecule has 1 N–H and O–H groups in total. The third kappa shape index (κ3) is 3.07. The molecule has 0 bridgehead atoms. The highest BCUT2D eigenvalue weighted by molar-refractivity contribution is 7.17. The van der Waals surface area contributed by atoms with Crippen LogP contribution in [0.1, 0.15) is 25.6 Å². The van der Waals surface area contributed by atoms with E-state index >= 15 is 0 Å². The molecule has 1 aromatic heterocycles. The monoisotopic (exact) mass is 336 g/mol. The summed E-state index contributed by atoms with van der Waals surface area (Å²) in [6.45, 7) is 1.83. The maximum atomic E-state index is 12.3. The van der Waals surface area contributed by atoms with Crippen molar-refractivity contribution in [1.82, 2.24) is 0 Å². The molecule has 1 amide bonds. The number of carbonyl (C=O) groups is 2. The van der Waals surface area contributed by atoms with Gasteiger partial charge in [0.1, 0.15) is 5.00 Å². The molecule has 0 spiro atoms. The van der Waals surface area contributed by atoms with Gasteiger partial charge in [-0.2, -0.15) is 0 Å². The molecule has 0 radical (unpaired) electrons. The Morgan fingerprint density at radius 1 is 0.958 bits per heavy atom. The molecule has 24 heavy (non-hydrogen) atoms. The van der Waals surface area contributed by atoms with Crippen LogP contribution in [0, 0.1) is 6.92 Å². The molecule has 0 fully saturated rings. The Bertz CT molecular complexity index is 886.